The van der Waals surface area contributed by atoms with E-state index in [0.717, 1.165) is 25.3 Å². The zero-order chi connectivity index (χ0) is 20.2. The molecule has 0 bridgehead atoms. The maximum atomic E-state index is 12.7. The minimum absolute atomic E-state index is 0.107. The van der Waals surface area contributed by atoms with Gasteiger partial charge < -0.3 is 9.64 Å². The predicted octanol–water partition coefficient (Wildman–Crippen LogP) is 3.48. The first-order valence-corrected chi connectivity index (χ1v) is 8.93. The number of rotatable bonds is 5. The number of nitrogens with zero attached hydrogens (tertiary/aromatic N) is 3. The number of carbonyl (C=O) groups is 2. The fourth-order valence-electron chi connectivity index (χ4n) is 3.25. The van der Waals surface area contributed by atoms with Gasteiger partial charge in [0.05, 0.1) is 11.0 Å². The van der Waals surface area contributed by atoms with Gasteiger partial charge in [0, 0.05) is 18.1 Å². The number of likely N-dealkylation sites (N-methyl/N-ethyl adjacent to an activating group) is 1. The smallest absolute Gasteiger partial charge is 0.345 e. The van der Waals surface area contributed by atoms with E-state index < -0.39 is 34.1 Å². The highest BCUT2D eigenvalue weighted by molar-refractivity contribution is 6.31. The van der Waals surface area contributed by atoms with Crippen LogP contribution in [-0.2, 0) is 9.53 Å². The van der Waals surface area contributed by atoms with Gasteiger partial charge in [0.15, 0.2) is 6.10 Å². The molecule has 0 heterocycles. The molecular weight excluding hydrogens is 374 g/mol. The van der Waals surface area contributed by atoms with Gasteiger partial charge in [-0.25, -0.2) is 4.79 Å². The number of esters is 1. The van der Waals surface area contributed by atoms with Gasteiger partial charge >= 0.3 is 5.97 Å². The third kappa shape index (κ3) is 4.37. The van der Waals surface area contributed by atoms with Crippen molar-refractivity contribution in [2.24, 2.45) is 0 Å². The molecule has 1 aliphatic carbocycles. The summed E-state index contributed by atoms with van der Waals surface area (Å²) in [6.07, 6.45) is 2.64. The zero-order valence-corrected chi connectivity index (χ0v) is 15.9. The molecule has 1 amide bonds. The van der Waals surface area contributed by atoms with E-state index in [1.54, 1.807) is 0 Å². The van der Waals surface area contributed by atoms with E-state index in [1.165, 1.54) is 31.0 Å². The van der Waals surface area contributed by atoms with Gasteiger partial charge in [-0.15, -0.1) is 0 Å². The molecule has 1 unspecified atom stereocenters. The SMILES string of the molecule is CC(OC(=O)c1ccc(Cl)cc1[N+](=O)[O-])C(=O)N(C)C1(C#N)CCCCC1. The Bertz CT molecular complexity index is 799. The molecule has 2 rings (SSSR count). The lowest BCUT2D eigenvalue weighted by molar-refractivity contribution is -0.385. The average Bonchev–Trinajstić information content (AvgIpc) is 2.66. The van der Waals surface area contributed by atoms with Crippen molar-refractivity contribution in [2.45, 2.75) is 50.7 Å². The highest BCUT2D eigenvalue weighted by Gasteiger charge is 2.41. The van der Waals surface area contributed by atoms with Crippen LogP contribution in [0, 0.1) is 21.4 Å². The Kier molecular flexibility index (Phi) is 6.39. The van der Waals surface area contributed by atoms with Crippen LogP contribution < -0.4 is 0 Å². The van der Waals surface area contributed by atoms with Crippen molar-refractivity contribution in [3.05, 3.63) is 38.9 Å². The standard InChI is InChI=1S/C18H20ClN3O5/c1-12(16(23)21(2)18(11-20)8-4-3-5-9-18)27-17(24)14-7-6-13(19)10-15(14)22(25)26/h6-7,10,12H,3-5,8-9H2,1-2H3. The van der Waals surface area contributed by atoms with Crippen molar-refractivity contribution in [3.63, 3.8) is 0 Å². The Morgan fingerprint density at radius 1 is 1.37 bits per heavy atom. The van der Waals surface area contributed by atoms with Crippen LogP contribution in [0.3, 0.4) is 0 Å². The monoisotopic (exact) mass is 393 g/mol. The number of nitriles is 1. The van der Waals surface area contributed by atoms with Gasteiger partial charge in [-0.1, -0.05) is 30.9 Å². The van der Waals surface area contributed by atoms with E-state index in [4.69, 9.17) is 16.3 Å². The number of nitro benzene ring substituents is 1. The fourth-order valence-corrected chi connectivity index (χ4v) is 3.41. The molecule has 1 aromatic rings. The third-order valence-corrected chi connectivity index (χ3v) is 5.10. The van der Waals surface area contributed by atoms with Gasteiger partial charge in [-0.05, 0) is 31.9 Å². The summed E-state index contributed by atoms with van der Waals surface area (Å²) in [7, 11) is 1.52. The predicted molar refractivity (Wildman–Crippen MR) is 97.2 cm³/mol. The zero-order valence-electron chi connectivity index (χ0n) is 15.1. The van der Waals surface area contributed by atoms with Gasteiger partial charge in [0.2, 0.25) is 0 Å². The molecule has 0 saturated heterocycles. The molecule has 1 aromatic carbocycles. The van der Waals surface area contributed by atoms with Crippen molar-refractivity contribution >= 4 is 29.2 Å². The Labute approximate surface area is 161 Å². The number of nitro groups is 1. The normalized spacial score (nSPS) is 16.7. The first kappa shape index (κ1) is 20.6. The maximum Gasteiger partial charge on any atom is 0.345 e. The van der Waals surface area contributed by atoms with Crippen LogP contribution in [0.15, 0.2) is 18.2 Å². The Hall–Kier alpha value is -2.66. The molecule has 1 saturated carbocycles. The molecule has 0 aromatic heterocycles. The summed E-state index contributed by atoms with van der Waals surface area (Å²) in [5.74, 6) is -1.52. The lowest BCUT2D eigenvalue weighted by atomic mass is 9.81. The summed E-state index contributed by atoms with van der Waals surface area (Å²) in [6.45, 7) is 1.38. The number of hydrogen-bond donors (Lipinski definition) is 0. The van der Waals surface area contributed by atoms with Gasteiger partial charge in [0.1, 0.15) is 11.1 Å². The summed E-state index contributed by atoms with van der Waals surface area (Å²) < 4.78 is 5.14. The van der Waals surface area contributed by atoms with Crippen molar-refractivity contribution in [1.29, 1.82) is 5.26 Å². The molecule has 144 valence electrons. The highest BCUT2D eigenvalue weighted by atomic mass is 35.5. The maximum absolute atomic E-state index is 12.7. The fraction of sp³-hybridized carbons (Fsp3) is 0.500. The number of ether oxygens (including phenoxy) is 1. The highest BCUT2D eigenvalue weighted by Crippen LogP contribution is 2.33. The summed E-state index contributed by atoms with van der Waals surface area (Å²) in [4.78, 5) is 36.7. The second-order valence-electron chi connectivity index (χ2n) is 6.57. The first-order chi connectivity index (χ1) is 12.7. The summed E-state index contributed by atoms with van der Waals surface area (Å²) in [5, 5.41) is 20.8. The van der Waals surface area contributed by atoms with Gasteiger partial charge in [-0.2, -0.15) is 5.26 Å². The van der Waals surface area contributed by atoms with Gasteiger partial charge in [0.25, 0.3) is 11.6 Å². The third-order valence-electron chi connectivity index (χ3n) is 4.87. The summed E-state index contributed by atoms with van der Waals surface area (Å²) >= 11 is 5.73. The molecule has 27 heavy (non-hydrogen) atoms. The molecule has 0 spiro atoms. The van der Waals surface area contributed by atoms with Crippen LogP contribution in [-0.4, -0.2) is 40.4 Å². The van der Waals surface area contributed by atoms with E-state index in [9.17, 15) is 25.0 Å². The molecule has 1 fully saturated rings. The number of halogens is 1. The minimum atomic E-state index is -1.19. The van der Waals surface area contributed by atoms with Crippen molar-refractivity contribution in [3.8, 4) is 6.07 Å². The molecule has 9 heteroatoms. The Morgan fingerprint density at radius 2 is 2.00 bits per heavy atom. The number of carbonyl (C=O) groups excluding carboxylic acids is 2. The van der Waals surface area contributed by atoms with E-state index in [2.05, 4.69) is 6.07 Å². The van der Waals surface area contributed by atoms with Crippen LogP contribution in [0.2, 0.25) is 5.02 Å². The molecular formula is C18H20ClN3O5. The molecule has 0 aliphatic heterocycles. The number of benzene rings is 1. The van der Waals surface area contributed by atoms with Crippen LogP contribution in [0.1, 0.15) is 49.4 Å². The average molecular weight is 394 g/mol. The van der Waals surface area contributed by atoms with Crippen molar-refractivity contribution in [1.82, 2.24) is 4.90 Å². The lowest BCUT2D eigenvalue weighted by Gasteiger charge is -2.39. The topological polar surface area (TPSA) is 114 Å². The number of hydrogen-bond acceptors (Lipinski definition) is 6. The van der Waals surface area contributed by atoms with Crippen LogP contribution in [0.5, 0.6) is 0 Å². The molecule has 1 atom stereocenters. The lowest BCUT2D eigenvalue weighted by Crippen LogP contribution is -2.53. The van der Waals surface area contributed by atoms with Crippen molar-refractivity contribution in [2.75, 3.05) is 7.05 Å². The Balaban J connectivity index is 2.16. The first-order valence-electron chi connectivity index (χ1n) is 8.56. The Morgan fingerprint density at radius 3 is 2.56 bits per heavy atom. The van der Waals surface area contributed by atoms with Crippen molar-refractivity contribution < 1.29 is 19.2 Å². The quantitative estimate of drug-likeness (QED) is 0.429. The molecule has 1 aliphatic rings. The summed E-state index contributed by atoms with van der Waals surface area (Å²) in [5.41, 5.74) is -1.71. The van der Waals surface area contributed by atoms with Crippen LogP contribution in [0.25, 0.3) is 0 Å². The molecule has 0 radical (unpaired) electrons. The van der Waals surface area contributed by atoms with Crippen LogP contribution in [0.4, 0.5) is 5.69 Å². The van der Waals surface area contributed by atoms with Crippen LogP contribution >= 0.6 is 11.6 Å². The second kappa shape index (κ2) is 8.35. The largest absolute Gasteiger partial charge is 0.449 e. The van der Waals surface area contributed by atoms with Gasteiger partial charge in [-0.3, -0.25) is 14.9 Å². The molecule has 8 nitrogen and oxygen atoms in total. The second-order valence-corrected chi connectivity index (χ2v) is 7.00. The minimum Gasteiger partial charge on any atom is -0.449 e. The summed E-state index contributed by atoms with van der Waals surface area (Å²) in [6, 6.07) is 5.79. The molecule has 0 N–H and O–H groups in total. The number of amides is 1. The van der Waals surface area contributed by atoms with E-state index >= 15 is 0 Å². The van der Waals surface area contributed by atoms with E-state index in [-0.39, 0.29) is 10.6 Å². The van der Waals surface area contributed by atoms with E-state index in [0.29, 0.717) is 12.8 Å². The van der Waals surface area contributed by atoms with E-state index in [1.807, 2.05) is 0 Å².